The molecule has 4 heteroatoms. The Kier molecular flexibility index (Phi) is 3.09. The lowest BCUT2D eigenvalue weighted by Gasteiger charge is -2.20. The monoisotopic (exact) mass is 245 g/mol. The van der Waals surface area contributed by atoms with Gasteiger partial charge in [-0.05, 0) is 49.4 Å². The molecular formula is C14H19N3O. The number of nitrogens with zero attached hydrogens (tertiary/aromatic N) is 1. The van der Waals surface area contributed by atoms with Crippen LogP contribution >= 0.6 is 0 Å². The molecule has 2 heterocycles. The van der Waals surface area contributed by atoms with Crippen molar-refractivity contribution < 1.29 is 4.79 Å². The van der Waals surface area contributed by atoms with E-state index in [0.29, 0.717) is 0 Å². The van der Waals surface area contributed by atoms with Gasteiger partial charge < -0.3 is 15.5 Å². The average molecular weight is 245 g/mol. The van der Waals surface area contributed by atoms with Crippen molar-refractivity contribution in [1.82, 2.24) is 4.90 Å². The highest BCUT2D eigenvalue weighted by Crippen LogP contribution is 2.25. The molecule has 3 rings (SSSR count). The van der Waals surface area contributed by atoms with Crippen molar-refractivity contribution in [3.8, 4) is 0 Å². The lowest BCUT2D eigenvalue weighted by atomic mass is 10.0. The second-order valence-corrected chi connectivity index (χ2v) is 5.03. The van der Waals surface area contributed by atoms with Crippen molar-refractivity contribution in [2.24, 2.45) is 0 Å². The molecule has 1 aromatic carbocycles. The molecule has 2 N–H and O–H groups in total. The predicted molar refractivity (Wildman–Crippen MR) is 73.1 cm³/mol. The highest BCUT2D eigenvalue weighted by molar-refractivity contribution is 5.90. The number of urea groups is 1. The fourth-order valence-corrected chi connectivity index (χ4v) is 2.68. The number of hydrogen-bond donors (Lipinski definition) is 2. The Bertz CT molecular complexity index is 452. The lowest BCUT2D eigenvalue weighted by Crippen LogP contribution is -2.32. The van der Waals surface area contributed by atoms with E-state index in [1.807, 2.05) is 11.0 Å². The van der Waals surface area contributed by atoms with Gasteiger partial charge in [0, 0.05) is 31.0 Å². The second kappa shape index (κ2) is 4.88. The van der Waals surface area contributed by atoms with Gasteiger partial charge in [0.25, 0.3) is 0 Å². The van der Waals surface area contributed by atoms with Gasteiger partial charge in [-0.25, -0.2) is 4.79 Å². The van der Waals surface area contributed by atoms with E-state index in [1.54, 1.807) is 0 Å². The summed E-state index contributed by atoms with van der Waals surface area (Å²) in [5, 5.41) is 6.37. The predicted octanol–water partition coefficient (Wildman–Crippen LogP) is 2.67. The molecule has 96 valence electrons. The van der Waals surface area contributed by atoms with Crippen molar-refractivity contribution in [1.29, 1.82) is 0 Å². The van der Waals surface area contributed by atoms with Gasteiger partial charge in [-0.15, -0.1) is 0 Å². The third-order valence-corrected chi connectivity index (χ3v) is 3.69. The van der Waals surface area contributed by atoms with Gasteiger partial charge in [0.1, 0.15) is 0 Å². The highest BCUT2D eigenvalue weighted by Gasteiger charge is 2.18. The Morgan fingerprint density at radius 3 is 2.89 bits per heavy atom. The number of nitrogens with one attached hydrogen (secondary N) is 2. The second-order valence-electron chi connectivity index (χ2n) is 5.03. The summed E-state index contributed by atoms with van der Waals surface area (Å²) in [5.74, 6) is 0. The van der Waals surface area contributed by atoms with Crippen LogP contribution in [0.5, 0.6) is 0 Å². The zero-order valence-electron chi connectivity index (χ0n) is 10.5. The Morgan fingerprint density at radius 1 is 1.22 bits per heavy atom. The van der Waals surface area contributed by atoms with Crippen LogP contribution in [0.3, 0.4) is 0 Å². The van der Waals surface area contributed by atoms with Gasteiger partial charge in [0.2, 0.25) is 0 Å². The summed E-state index contributed by atoms with van der Waals surface area (Å²) in [6.45, 7) is 2.82. The van der Waals surface area contributed by atoms with Crippen LogP contribution in [0, 0.1) is 0 Å². The number of benzene rings is 1. The van der Waals surface area contributed by atoms with Gasteiger partial charge in [-0.3, -0.25) is 0 Å². The van der Waals surface area contributed by atoms with Crippen molar-refractivity contribution in [2.75, 3.05) is 30.3 Å². The molecule has 0 atom stereocenters. The molecular weight excluding hydrogens is 226 g/mol. The number of likely N-dealkylation sites (tertiary alicyclic amines) is 1. The molecule has 18 heavy (non-hydrogen) atoms. The van der Waals surface area contributed by atoms with E-state index in [0.717, 1.165) is 51.0 Å². The fourth-order valence-electron chi connectivity index (χ4n) is 2.68. The molecule has 1 fully saturated rings. The maximum Gasteiger partial charge on any atom is 0.321 e. The Balaban J connectivity index is 1.70. The molecule has 0 bridgehead atoms. The van der Waals surface area contributed by atoms with E-state index in [2.05, 4.69) is 22.8 Å². The topological polar surface area (TPSA) is 44.4 Å². The van der Waals surface area contributed by atoms with Crippen LogP contribution in [-0.2, 0) is 6.42 Å². The summed E-state index contributed by atoms with van der Waals surface area (Å²) >= 11 is 0. The summed E-state index contributed by atoms with van der Waals surface area (Å²) in [7, 11) is 0. The normalized spacial score (nSPS) is 18.1. The van der Waals surface area contributed by atoms with Crippen LogP contribution in [0.25, 0.3) is 0 Å². The number of aryl methyl sites for hydroxylation is 1. The first-order valence-corrected chi connectivity index (χ1v) is 6.76. The summed E-state index contributed by atoms with van der Waals surface area (Å²) in [6.07, 6.45) is 4.51. The van der Waals surface area contributed by atoms with E-state index in [4.69, 9.17) is 0 Å². The molecule has 4 nitrogen and oxygen atoms in total. The molecule has 1 aromatic rings. The number of anilines is 2. The van der Waals surface area contributed by atoms with E-state index >= 15 is 0 Å². The van der Waals surface area contributed by atoms with Gasteiger partial charge in [-0.1, -0.05) is 0 Å². The van der Waals surface area contributed by atoms with Crippen LogP contribution in [0.1, 0.15) is 24.8 Å². The SMILES string of the molecule is O=C(Nc1ccc2c(c1)CCCN2)N1CCCC1. The van der Waals surface area contributed by atoms with Crippen LogP contribution in [-0.4, -0.2) is 30.6 Å². The minimum absolute atomic E-state index is 0.0382. The minimum Gasteiger partial charge on any atom is -0.385 e. The van der Waals surface area contributed by atoms with Crippen LogP contribution in [0.2, 0.25) is 0 Å². The molecule has 0 saturated carbocycles. The molecule has 2 aliphatic rings. The maximum atomic E-state index is 12.0. The zero-order valence-corrected chi connectivity index (χ0v) is 10.5. The number of rotatable bonds is 1. The fraction of sp³-hybridized carbons (Fsp3) is 0.500. The van der Waals surface area contributed by atoms with Crippen LogP contribution in [0.15, 0.2) is 18.2 Å². The number of fused-ring (bicyclic) bond motifs is 1. The largest absolute Gasteiger partial charge is 0.385 e. The van der Waals surface area contributed by atoms with Crippen molar-refractivity contribution in [3.05, 3.63) is 23.8 Å². The van der Waals surface area contributed by atoms with E-state index in [9.17, 15) is 4.79 Å². The minimum atomic E-state index is 0.0382. The Labute approximate surface area is 107 Å². The summed E-state index contributed by atoms with van der Waals surface area (Å²) in [6, 6.07) is 6.17. The molecule has 2 aliphatic heterocycles. The molecule has 1 saturated heterocycles. The van der Waals surface area contributed by atoms with Gasteiger partial charge >= 0.3 is 6.03 Å². The van der Waals surface area contributed by atoms with Crippen LogP contribution < -0.4 is 10.6 Å². The first-order chi connectivity index (χ1) is 8.83. The molecule has 0 spiro atoms. The zero-order chi connectivity index (χ0) is 12.4. The molecule has 2 amide bonds. The number of carbonyl (C=O) groups is 1. The summed E-state index contributed by atoms with van der Waals surface area (Å²) < 4.78 is 0. The van der Waals surface area contributed by atoms with Crippen molar-refractivity contribution in [3.63, 3.8) is 0 Å². The third-order valence-electron chi connectivity index (χ3n) is 3.69. The van der Waals surface area contributed by atoms with Gasteiger partial charge in [0.15, 0.2) is 0 Å². The highest BCUT2D eigenvalue weighted by atomic mass is 16.2. The smallest absolute Gasteiger partial charge is 0.321 e. The Morgan fingerprint density at radius 2 is 2.06 bits per heavy atom. The molecule has 0 aromatic heterocycles. The molecule has 0 radical (unpaired) electrons. The number of amides is 2. The summed E-state index contributed by atoms with van der Waals surface area (Å²) in [5.41, 5.74) is 3.43. The first-order valence-electron chi connectivity index (χ1n) is 6.76. The maximum absolute atomic E-state index is 12.0. The summed E-state index contributed by atoms with van der Waals surface area (Å²) in [4.78, 5) is 13.9. The lowest BCUT2D eigenvalue weighted by molar-refractivity contribution is 0.222. The van der Waals surface area contributed by atoms with Gasteiger partial charge in [-0.2, -0.15) is 0 Å². The van der Waals surface area contributed by atoms with Gasteiger partial charge in [0.05, 0.1) is 0 Å². The quantitative estimate of drug-likeness (QED) is 0.799. The average Bonchev–Trinajstić information content (AvgIpc) is 2.92. The van der Waals surface area contributed by atoms with E-state index in [1.165, 1.54) is 11.3 Å². The van der Waals surface area contributed by atoms with Crippen LogP contribution in [0.4, 0.5) is 16.2 Å². The van der Waals surface area contributed by atoms with E-state index < -0.39 is 0 Å². The van der Waals surface area contributed by atoms with Crippen molar-refractivity contribution >= 4 is 17.4 Å². The van der Waals surface area contributed by atoms with Crippen molar-refractivity contribution in [2.45, 2.75) is 25.7 Å². The Hall–Kier alpha value is -1.71. The first kappa shape index (κ1) is 11.4. The molecule has 0 unspecified atom stereocenters. The molecule has 0 aliphatic carbocycles. The number of hydrogen-bond acceptors (Lipinski definition) is 2. The number of carbonyl (C=O) groups excluding carboxylic acids is 1. The third kappa shape index (κ3) is 2.28. The standard InChI is InChI=1S/C14H19N3O/c18-14(17-8-1-2-9-17)16-12-5-6-13-11(10-12)4-3-7-15-13/h5-6,10,15H,1-4,7-9H2,(H,16,18). The van der Waals surface area contributed by atoms with E-state index in [-0.39, 0.29) is 6.03 Å².